The fourth-order valence-corrected chi connectivity index (χ4v) is 3.34. The highest BCUT2D eigenvalue weighted by atomic mass is 32.2. The highest BCUT2D eigenvalue weighted by Gasteiger charge is 2.26. The fourth-order valence-electron chi connectivity index (χ4n) is 2.79. The molecular formula is C15H22N2O3S. The maximum atomic E-state index is 12.6. The Labute approximate surface area is 126 Å². The van der Waals surface area contributed by atoms with Crippen molar-refractivity contribution in [2.75, 3.05) is 17.5 Å². The molecule has 0 bridgehead atoms. The first kappa shape index (κ1) is 15.8. The highest BCUT2D eigenvalue weighted by Crippen LogP contribution is 2.23. The van der Waals surface area contributed by atoms with Gasteiger partial charge in [0.2, 0.25) is 10.0 Å². The van der Waals surface area contributed by atoms with Crippen molar-refractivity contribution in [3.63, 3.8) is 0 Å². The Bertz CT molecular complexity index is 613. The normalized spacial score (nSPS) is 19.3. The summed E-state index contributed by atoms with van der Waals surface area (Å²) in [5.41, 5.74) is 0.956. The van der Waals surface area contributed by atoms with E-state index in [0.717, 1.165) is 38.5 Å². The molecule has 1 amide bonds. The molecule has 1 fully saturated rings. The SMILES string of the molecule is CC[C@@H]1CCCCN1C(=O)c1cccc(NS(C)(=O)=O)c1. The van der Waals surface area contributed by atoms with Gasteiger partial charge in [0.05, 0.1) is 6.26 Å². The zero-order valence-electron chi connectivity index (χ0n) is 12.5. The molecule has 0 saturated carbocycles. The van der Waals surface area contributed by atoms with Crippen molar-refractivity contribution in [1.82, 2.24) is 4.90 Å². The van der Waals surface area contributed by atoms with E-state index in [9.17, 15) is 13.2 Å². The number of hydrogen-bond acceptors (Lipinski definition) is 3. The largest absolute Gasteiger partial charge is 0.336 e. The lowest BCUT2D eigenvalue weighted by Crippen LogP contribution is -2.43. The summed E-state index contributed by atoms with van der Waals surface area (Å²) in [5.74, 6) is -0.0151. The van der Waals surface area contributed by atoms with E-state index in [1.807, 2.05) is 4.90 Å². The van der Waals surface area contributed by atoms with E-state index in [2.05, 4.69) is 11.6 Å². The Balaban J connectivity index is 2.20. The van der Waals surface area contributed by atoms with Gasteiger partial charge in [0.1, 0.15) is 0 Å². The first-order valence-corrected chi connectivity index (χ1v) is 9.18. The molecule has 21 heavy (non-hydrogen) atoms. The average molecular weight is 310 g/mol. The summed E-state index contributed by atoms with van der Waals surface area (Å²) in [4.78, 5) is 14.6. The third-order valence-electron chi connectivity index (χ3n) is 3.77. The minimum atomic E-state index is -3.33. The predicted octanol–water partition coefficient (Wildman–Crippen LogP) is 2.46. The molecule has 1 heterocycles. The van der Waals surface area contributed by atoms with Crippen molar-refractivity contribution in [3.05, 3.63) is 29.8 Å². The molecule has 0 unspecified atom stereocenters. The van der Waals surface area contributed by atoms with Gasteiger partial charge in [-0.05, 0) is 43.9 Å². The third kappa shape index (κ3) is 4.20. The van der Waals surface area contributed by atoms with Gasteiger partial charge in [0.25, 0.3) is 5.91 Å². The molecule has 1 aliphatic rings. The molecule has 1 aromatic rings. The van der Waals surface area contributed by atoms with Crippen molar-refractivity contribution < 1.29 is 13.2 Å². The van der Waals surface area contributed by atoms with E-state index < -0.39 is 10.0 Å². The average Bonchev–Trinajstić information content (AvgIpc) is 2.45. The van der Waals surface area contributed by atoms with Gasteiger partial charge in [-0.25, -0.2) is 8.42 Å². The molecule has 116 valence electrons. The Kier molecular flexibility index (Phi) is 4.88. The summed E-state index contributed by atoms with van der Waals surface area (Å²) in [6, 6.07) is 6.97. The molecule has 2 rings (SSSR count). The number of carbonyl (C=O) groups excluding carboxylic acids is 1. The van der Waals surface area contributed by atoms with Gasteiger partial charge in [-0.1, -0.05) is 13.0 Å². The van der Waals surface area contributed by atoms with Crippen LogP contribution in [0.15, 0.2) is 24.3 Å². The van der Waals surface area contributed by atoms with Gasteiger partial charge in [-0.15, -0.1) is 0 Å². The van der Waals surface area contributed by atoms with Crippen LogP contribution in [0.2, 0.25) is 0 Å². The van der Waals surface area contributed by atoms with Crippen LogP contribution in [0.5, 0.6) is 0 Å². The second-order valence-corrected chi connectivity index (χ2v) is 7.26. The molecule has 1 saturated heterocycles. The second-order valence-electron chi connectivity index (χ2n) is 5.51. The second kappa shape index (κ2) is 6.47. The molecule has 1 aromatic carbocycles. The number of amides is 1. The maximum Gasteiger partial charge on any atom is 0.254 e. The van der Waals surface area contributed by atoms with E-state index >= 15 is 0 Å². The third-order valence-corrected chi connectivity index (χ3v) is 4.38. The lowest BCUT2D eigenvalue weighted by Gasteiger charge is -2.35. The molecule has 0 radical (unpaired) electrons. The van der Waals surface area contributed by atoms with Crippen LogP contribution in [0.3, 0.4) is 0 Å². The van der Waals surface area contributed by atoms with E-state index in [-0.39, 0.29) is 11.9 Å². The summed E-state index contributed by atoms with van der Waals surface area (Å²) in [6.07, 6.45) is 5.29. The van der Waals surface area contributed by atoms with E-state index in [1.165, 1.54) is 0 Å². The van der Waals surface area contributed by atoms with E-state index in [4.69, 9.17) is 0 Å². The molecule has 1 aliphatic heterocycles. The van der Waals surface area contributed by atoms with Crippen LogP contribution >= 0.6 is 0 Å². The zero-order valence-corrected chi connectivity index (χ0v) is 13.3. The summed E-state index contributed by atoms with van der Waals surface area (Å²) in [7, 11) is -3.33. The van der Waals surface area contributed by atoms with Gasteiger partial charge in [0.15, 0.2) is 0 Å². The Morgan fingerprint density at radius 3 is 2.81 bits per heavy atom. The van der Waals surface area contributed by atoms with Crippen LogP contribution in [0.4, 0.5) is 5.69 Å². The maximum absolute atomic E-state index is 12.6. The van der Waals surface area contributed by atoms with Crippen molar-refractivity contribution in [3.8, 4) is 0 Å². The number of hydrogen-bond donors (Lipinski definition) is 1. The molecule has 0 aliphatic carbocycles. The smallest absolute Gasteiger partial charge is 0.254 e. The number of nitrogens with zero attached hydrogens (tertiary/aromatic N) is 1. The topological polar surface area (TPSA) is 66.5 Å². The number of anilines is 1. The van der Waals surface area contributed by atoms with Crippen molar-refractivity contribution in [2.45, 2.75) is 38.6 Å². The summed E-state index contributed by atoms with van der Waals surface area (Å²) >= 11 is 0. The molecule has 6 heteroatoms. The monoisotopic (exact) mass is 310 g/mol. The van der Waals surface area contributed by atoms with Gasteiger partial charge in [0, 0.05) is 23.8 Å². The van der Waals surface area contributed by atoms with E-state index in [1.54, 1.807) is 24.3 Å². The molecule has 1 N–H and O–H groups in total. The summed E-state index contributed by atoms with van der Waals surface area (Å²) in [5, 5.41) is 0. The Hall–Kier alpha value is -1.56. The van der Waals surface area contributed by atoms with Crippen LogP contribution in [-0.4, -0.2) is 38.1 Å². The number of benzene rings is 1. The molecule has 0 spiro atoms. The van der Waals surface area contributed by atoms with Crippen molar-refractivity contribution in [2.24, 2.45) is 0 Å². The lowest BCUT2D eigenvalue weighted by molar-refractivity contribution is 0.0608. The number of nitrogens with one attached hydrogen (secondary N) is 1. The van der Waals surface area contributed by atoms with Gasteiger partial charge in [-0.3, -0.25) is 9.52 Å². The number of rotatable bonds is 4. The standard InChI is InChI=1S/C15H22N2O3S/c1-3-14-9-4-5-10-17(14)15(18)12-7-6-8-13(11-12)16-21(2,19)20/h6-8,11,14,16H,3-5,9-10H2,1-2H3/t14-/m1/s1. The van der Waals surface area contributed by atoms with Gasteiger partial charge in [-0.2, -0.15) is 0 Å². The summed E-state index contributed by atoms with van der Waals surface area (Å²) < 4.78 is 25.0. The summed E-state index contributed by atoms with van der Waals surface area (Å²) in [6.45, 7) is 2.87. The van der Waals surface area contributed by atoms with Crippen LogP contribution in [0, 0.1) is 0 Å². The minimum Gasteiger partial charge on any atom is -0.336 e. The molecule has 1 atom stereocenters. The van der Waals surface area contributed by atoms with Crippen molar-refractivity contribution in [1.29, 1.82) is 0 Å². The molecular weight excluding hydrogens is 288 g/mol. The molecule has 0 aromatic heterocycles. The molecule has 5 nitrogen and oxygen atoms in total. The first-order chi connectivity index (χ1) is 9.90. The number of sulfonamides is 1. The number of piperidine rings is 1. The number of likely N-dealkylation sites (tertiary alicyclic amines) is 1. The van der Waals surface area contributed by atoms with Gasteiger partial charge >= 0.3 is 0 Å². The highest BCUT2D eigenvalue weighted by molar-refractivity contribution is 7.92. The van der Waals surface area contributed by atoms with Crippen LogP contribution < -0.4 is 4.72 Å². The van der Waals surface area contributed by atoms with Crippen LogP contribution in [0.25, 0.3) is 0 Å². The predicted molar refractivity (Wildman–Crippen MR) is 83.9 cm³/mol. The Morgan fingerprint density at radius 2 is 2.14 bits per heavy atom. The van der Waals surface area contributed by atoms with Crippen LogP contribution in [-0.2, 0) is 10.0 Å². The minimum absolute atomic E-state index is 0.0151. The van der Waals surface area contributed by atoms with Crippen LogP contribution in [0.1, 0.15) is 43.0 Å². The lowest BCUT2D eigenvalue weighted by atomic mass is 9.99. The quantitative estimate of drug-likeness (QED) is 0.929. The number of carbonyl (C=O) groups is 1. The fraction of sp³-hybridized carbons (Fsp3) is 0.533. The first-order valence-electron chi connectivity index (χ1n) is 7.29. The van der Waals surface area contributed by atoms with Crippen molar-refractivity contribution >= 4 is 21.6 Å². The van der Waals surface area contributed by atoms with E-state index in [0.29, 0.717) is 11.3 Å². The Morgan fingerprint density at radius 1 is 1.38 bits per heavy atom. The van der Waals surface area contributed by atoms with Gasteiger partial charge < -0.3 is 4.90 Å². The zero-order chi connectivity index (χ0) is 15.5.